The lowest BCUT2D eigenvalue weighted by atomic mass is 9.81. The van der Waals surface area contributed by atoms with Crippen LogP contribution in [0.5, 0.6) is 0 Å². The van der Waals surface area contributed by atoms with Crippen LogP contribution in [0.3, 0.4) is 0 Å². The molecule has 1 N–H and O–H groups in total. The summed E-state index contributed by atoms with van der Waals surface area (Å²) in [5, 5.41) is 6.73. The summed E-state index contributed by atoms with van der Waals surface area (Å²) in [6.45, 7) is 3.58. The fourth-order valence-corrected chi connectivity index (χ4v) is 2.96. The van der Waals surface area contributed by atoms with Crippen molar-refractivity contribution in [3.05, 3.63) is 17.0 Å². The third-order valence-corrected chi connectivity index (χ3v) is 4.18. The number of methoxy groups -OCH3 is 1. The molecule has 0 aromatic carbocycles. The van der Waals surface area contributed by atoms with Crippen LogP contribution in [0.15, 0.2) is 4.52 Å². The van der Waals surface area contributed by atoms with Gasteiger partial charge in [-0.1, -0.05) is 24.4 Å². The standard InChI is InChI=1S/C15H22N2O4/c1-10-12(11(2)21-17-10)9-13(18)16-15(14(19)20-3)7-5-4-6-8-15/h4-9H2,1-3H3,(H,16,18). The summed E-state index contributed by atoms with van der Waals surface area (Å²) in [7, 11) is 1.36. The van der Waals surface area contributed by atoms with E-state index in [9.17, 15) is 9.59 Å². The normalized spacial score (nSPS) is 17.3. The summed E-state index contributed by atoms with van der Waals surface area (Å²) < 4.78 is 9.95. The lowest BCUT2D eigenvalue weighted by molar-refractivity contribution is -0.152. The Morgan fingerprint density at radius 2 is 1.95 bits per heavy atom. The van der Waals surface area contributed by atoms with E-state index in [-0.39, 0.29) is 18.3 Å². The Bertz CT molecular complexity index is 510. The summed E-state index contributed by atoms with van der Waals surface area (Å²) in [5.41, 5.74) is 0.616. The first kappa shape index (κ1) is 15.5. The Morgan fingerprint density at radius 3 is 2.48 bits per heavy atom. The number of rotatable bonds is 4. The van der Waals surface area contributed by atoms with E-state index in [1.54, 1.807) is 13.8 Å². The highest BCUT2D eigenvalue weighted by Crippen LogP contribution is 2.29. The molecule has 0 spiro atoms. The van der Waals surface area contributed by atoms with Crippen LogP contribution in [0.25, 0.3) is 0 Å². The van der Waals surface area contributed by atoms with Crippen LogP contribution in [0, 0.1) is 13.8 Å². The van der Waals surface area contributed by atoms with Crippen molar-refractivity contribution in [3.8, 4) is 0 Å². The fraction of sp³-hybridized carbons (Fsp3) is 0.667. The largest absolute Gasteiger partial charge is 0.467 e. The van der Waals surface area contributed by atoms with Crippen molar-refractivity contribution < 1.29 is 18.8 Å². The second-order valence-electron chi connectivity index (χ2n) is 5.66. The molecule has 1 aliphatic rings. The second-order valence-corrected chi connectivity index (χ2v) is 5.66. The maximum absolute atomic E-state index is 12.3. The molecule has 1 aliphatic carbocycles. The molecule has 1 heterocycles. The Labute approximate surface area is 124 Å². The van der Waals surface area contributed by atoms with Gasteiger partial charge < -0.3 is 14.6 Å². The molecule has 0 bridgehead atoms. The van der Waals surface area contributed by atoms with Crippen LogP contribution in [0.2, 0.25) is 0 Å². The van der Waals surface area contributed by atoms with Crippen molar-refractivity contribution in [2.45, 2.75) is 57.9 Å². The van der Waals surface area contributed by atoms with Gasteiger partial charge in [0.2, 0.25) is 5.91 Å². The number of carbonyl (C=O) groups excluding carboxylic acids is 2. The highest BCUT2D eigenvalue weighted by atomic mass is 16.5. The number of amides is 1. The molecular formula is C15H22N2O4. The van der Waals surface area contributed by atoms with E-state index in [1.807, 2.05) is 0 Å². The van der Waals surface area contributed by atoms with E-state index in [1.165, 1.54) is 7.11 Å². The number of nitrogens with zero attached hydrogens (tertiary/aromatic N) is 1. The summed E-state index contributed by atoms with van der Waals surface area (Å²) >= 11 is 0. The van der Waals surface area contributed by atoms with Crippen LogP contribution < -0.4 is 5.32 Å². The molecule has 1 aromatic rings. The number of ether oxygens (including phenoxy) is 1. The highest BCUT2D eigenvalue weighted by molar-refractivity contribution is 5.89. The topological polar surface area (TPSA) is 81.4 Å². The maximum Gasteiger partial charge on any atom is 0.331 e. The lowest BCUT2D eigenvalue weighted by Crippen LogP contribution is -2.56. The van der Waals surface area contributed by atoms with Crippen LogP contribution in [-0.2, 0) is 20.7 Å². The molecule has 1 amide bonds. The number of carbonyl (C=O) groups is 2. The summed E-state index contributed by atoms with van der Waals surface area (Å²) in [6, 6.07) is 0. The first-order valence-corrected chi connectivity index (χ1v) is 7.30. The average molecular weight is 294 g/mol. The highest BCUT2D eigenvalue weighted by Gasteiger charge is 2.42. The van der Waals surface area contributed by atoms with Gasteiger partial charge in [0.05, 0.1) is 19.2 Å². The number of aromatic nitrogens is 1. The Kier molecular flexibility index (Phi) is 4.65. The van der Waals surface area contributed by atoms with Crippen molar-refractivity contribution in [2.75, 3.05) is 7.11 Å². The van der Waals surface area contributed by atoms with Gasteiger partial charge in [-0.05, 0) is 26.7 Å². The summed E-state index contributed by atoms with van der Waals surface area (Å²) in [4.78, 5) is 24.4. The van der Waals surface area contributed by atoms with Gasteiger partial charge in [-0.3, -0.25) is 4.79 Å². The second kappa shape index (κ2) is 6.28. The zero-order chi connectivity index (χ0) is 15.5. The molecule has 0 aliphatic heterocycles. The molecule has 116 valence electrons. The van der Waals surface area contributed by atoms with E-state index >= 15 is 0 Å². The first-order chi connectivity index (χ1) is 9.98. The van der Waals surface area contributed by atoms with Crippen LogP contribution in [0.4, 0.5) is 0 Å². The molecule has 6 nitrogen and oxygen atoms in total. The van der Waals surface area contributed by atoms with Crippen LogP contribution in [-0.4, -0.2) is 29.7 Å². The van der Waals surface area contributed by atoms with E-state index in [0.717, 1.165) is 24.8 Å². The molecule has 0 saturated heterocycles. The monoisotopic (exact) mass is 294 g/mol. The molecule has 1 saturated carbocycles. The van der Waals surface area contributed by atoms with Gasteiger partial charge in [-0.15, -0.1) is 0 Å². The van der Waals surface area contributed by atoms with E-state index in [4.69, 9.17) is 9.26 Å². The zero-order valence-corrected chi connectivity index (χ0v) is 12.8. The average Bonchev–Trinajstić information content (AvgIpc) is 2.79. The molecule has 0 atom stereocenters. The quantitative estimate of drug-likeness (QED) is 0.857. The van der Waals surface area contributed by atoms with E-state index < -0.39 is 5.54 Å². The molecule has 1 aromatic heterocycles. The van der Waals surface area contributed by atoms with Gasteiger partial charge in [0.1, 0.15) is 11.3 Å². The molecule has 0 radical (unpaired) electrons. The third kappa shape index (κ3) is 3.25. The van der Waals surface area contributed by atoms with Crippen molar-refractivity contribution in [2.24, 2.45) is 0 Å². The van der Waals surface area contributed by atoms with Gasteiger partial charge >= 0.3 is 5.97 Å². The predicted molar refractivity (Wildman–Crippen MR) is 75.7 cm³/mol. The van der Waals surface area contributed by atoms with Gasteiger partial charge in [0.25, 0.3) is 0 Å². The SMILES string of the molecule is COC(=O)C1(NC(=O)Cc2c(C)noc2C)CCCCC1. The minimum Gasteiger partial charge on any atom is -0.467 e. The Morgan fingerprint density at radius 1 is 1.29 bits per heavy atom. The van der Waals surface area contributed by atoms with Gasteiger partial charge in [0, 0.05) is 5.56 Å². The van der Waals surface area contributed by atoms with Crippen LogP contribution >= 0.6 is 0 Å². The number of aryl methyl sites for hydroxylation is 2. The van der Waals surface area contributed by atoms with Crippen molar-refractivity contribution in [1.29, 1.82) is 0 Å². The molecule has 1 fully saturated rings. The first-order valence-electron chi connectivity index (χ1n) is 7.30. The smallest absolute Gasteiger partial charge is 0.331 e. The minimum atomic E-state index is -0.872. The molecule has 2 rings (SSSR count). The maximum atomic E-state index is 12.3. The minimum absolute atomic E-state index is 0.167. The van der Waals surface area contributed by atoms with E-state index in [2.05, 4.69) is 10.5 Å². The van der Waals surface area contributed by atoms with Gasteiger partial charge in [0.15, 0.2) is 0 Å². The van der Waals surface area contributed by atoms with Crippen molar-refractivity contribution >= 4 is 11.9 Å². The fourth-order valence-electron chi connectivity index (χ4n) is 2.96. The number of esters is 1. The zero-order valence-electron chi connectivity index (χ0n) is 12.8. The van der Waals surface area contributed by atoms with Crippen LogP contribution in [0.1, 0.15) is 49.1 Å². The molecule has 0 unspecified atom stereocenters. The van der Waals surface area contributed by atoms with Crippen molar-refractivity contribution in [1.82, 2.24) is 10.5 Å². The number of nitrogens with one attached hydrogen (secondary N) is 1. The Balaban J connectivity index is 2.10. The van der Waals surface area contributed by atoms with Gasteiger partial charge in [-0.2, -0.15) is 0 Å². The predicted octanol–water partition coefficient (Wildman–Crippen LogP) is 1.83. The summed E-state index contributed by atoms with van der Waals surface area (Å²) in [6.07, 6.45) is 4.35. The number of hydrogen-bond donors (Lipinski definition) is 1. The molecular weight excluding hydrogens is 272 g/mol. The molecule has 6 heteroatoms. The Hall–Kier alpha value is -1.85. The number of hydrogen-bond acceptors (Lipinski definition) is 5. The molecule has 21 heavy (non-hydrogen) atoms. The summed E-state index contributed by atoms with van der Waals surface area (Å²) in [5.74, 6) is 0.0874. The van der Waals surface area contributed by atoms with E-state index in [0.29, 0.717) is 24.3 Å². The van der Waals surface area contributed by atoms with Gasteiger partial charge in [-0.25, -0.2) is 4.79 Å². The van der Waals surface area contributed by atoms with Crippen molar-refractivity contribution in [3.63, 3.8) is 0 Å². The lowest BCUT2D eigenvalue weighted by Gasteiger charge is -2.35. The third-order valence-electron chi connectivity index (χ3n) is 4.18.